The molecule has 0 aliphatic carbocycles. The van der Waals surface area contributed by atoms with Gasteiger partial charge in [0.2, 0.25) is 0 Å². The van der Waals surface area contributed by atoms with Crippen molar-refractivity contribution in [1.29, 1.82) is 0 Å². The van der Waals surface area contributed by atoms with E-state index in [0.29, 0.717) is 11.6 Å². The van der Waals surface area contributed by atoms with Gasteiger partial charge in [-0.2, -0.15) is 0 Å². The maximum Gasteiger partial charge on any atom is 0.164 e. The summed E-state index contributed by atoms with van der Waals surface area (Å²) in [6.45, 7) is 4.00. The van der Waals surface area contributed by atoms with Gasteiger partial charge in [0.15, 0.2) is 6.23 Å². The van der Waals surface area contributed by atoms with Crippen molar-refractivity contribution >= 4 is 22.8 Å². The first-order chi connectivity index (χ1) is 14.0. The molecule has 1 aromatic carbocycles. The van der Waals surface area contributed by atoms with Crippen LogP contribution in [0.25, 0.3) is 11.0 Å². The number of hydrogen-bond acceptors (Lipinski definition) is 7. The summed E-state index contributed by atoms with van der Waals surface area (Å²) in [5.41, 5.74) is 3.15. The summed E-state index contributed by atoms with van der Waals surface area (Å²) >= 11 is 1.62. The Labute approximate surface area is 173 Å². The molecule has 0 radical (unpaired) electrons. The molecule has 154 valence electrons. The van der Waals surface area contributed by atoms with Crippen molar-refractivity contribution in [2.75, 3.05) is 6.61 Å². The van der Waals surface area contributed by atoms with Gasteiger partial charge in [0, 0.05) is 11.9 Å². The quantitative estimate of drug-likeness (QED) is 0.420. The zero-order valence-electron chi connectivity index (χ0n) is 16.3. The summed E-state index contributed by atoms with van der Waals surface area (Å²) in [6.07, 6.45) is -0.668. The molecule has 0 spiro atoms. The SMILES string of the molecule is CC(C)c1ccc(CSc2ncnc3c2ccn3[C@@H]2O[C@H](CO)[C@@H](O)[C@H]2O)cc1. The number of benzene rings is 1. The molecule has 0 unspecified atom stereocenters. The Morgan fingerprint density at radius 1 is 1.10 bits per heavy atom. The molecule has 2 aromatic heterocycles. The number of nitrogens with zero attached hydrogens (tertiary/aromatic N) is 3. The predicted molar refractivity (Wildman–Crippen MR) is 111 cm³/mol. The number of aliphatic hydroxyl groups excluding tert-OH is 3. The van der Waals surface area contributed by atoms with Crippen LogP contribution < -0.4 is 0 Å². The maximum atomic E-state index is 10.3. The first-order valence-corrected chi connectivity index (χ1v) is 10.6. The molecule has 4 atom stereocenters. The lowest BCUT2D eigenvalue weighted by Crippen LogP contribution is -2.33. The highest BCUT2D eigenvalue weighted by molar-refractivity contribution is 7.98. The van der Waals surface area contributed by atoms with Crippen molar-refractivity contribution in [1.82, 2.24) is 14.5 Å². The van der Waals surface area contributed by atoms with Crippen LogP contribution in [0.2, 0.25) is 0 Å². The van der Waals surface area contributed by atoms with Crippen LogP contribution in [0.4, 0.5) is 0 Å². The smallest absolute Gasteiger partial charge is 0.164 e. The summed E-state index contributed by atoms with van der Waals surface area (Å²) < 4.78 is 7.32. The van der Waals surface area contributed by atoms with Crippen LogP contribution in [0.15, 0.2) is 47.9 Å². The average Bonchev–Trinajstić information content (AvgIpc) is 3.28. The lowest BCUT2D eigenvalue weighted by atomic mass is 10.0. The number of aliphatic hydroxyl groups is 3. The summed E-state index contributed by atoms with van der Waals surface area (Å²) in [6, 6.07) is 10.5. The minimum Gasteiger partial charge on any atom is -0.394 e. The second kappa shape index (κ2) is 8.41. The Bertz CT molecular complexity index is 976. The van der Waals surface area contributed by atoms with Crippen molar-refractivity contribution in [3.05, 3.63) is 54.0 Å². The van der Waals surface area contributed by atoms with Crippen molar-refractivity contribution in [3.8, 4) is 0 Å². The molecule has 4 rings (SSSR count). The van der Waals surface area contributed by atoms with Gasteiger partial charge in [-0.1, -0.05) is 38.1 Å². The highest BCUT2D eigenvalue weighted by Gasteiger charge is 2.43. The summed E-state index contributed by atoms with van der Waals surface area (Å²) in [7, 11) is 0. The molecular weight excluding hydrogens is 390 g/mol. The van der Waals surface area contributed by atoms with Gasteiger partial charge in [-0.25, -0.2) is 9.97 Å². The number of hydrogen-bond donors (Lipinski definition) is 3. The first-order valence-electron chi connectivity index (χ1n) is 9.65. The zero-order valence-corrected chi connectivity index (χ0v) is 17.2. The molecule has 1 fully saturated rings. The van der Waals surface area contributed by atoms with Crippen LogP contribution >= 0.6 is 11.8 Å². The largest absolute Gasteiger partial charge is 0.394 e. The fourth-order valence-electron chi connectivity index (χ4n) is 3.53. The standard InChI is InChI=1S/C21H25N3O4S/c1-12(2)14-5-3-13(4-6-14)10-29-20-15-7-8-24(19(15)22-11-23-20)21-18(27)17(26)16(9-25)28-21/h3-8,11-12,16-18,21,25-27H,9-10H2,1-2H3/t16-,17-,18-,21-/m1/s1. The number of aromatic nitrogens is 3. The van der Waals surface area contributed by atoms with Crippen LogP contribution in [-0.2, 0) is 10.5 Å². The van der Waals surface area contributed by atoms with E-state index in [9.17, 15) is 15.3 Å². The molecule has 3 aromatic rings. The van der Waals surface area contributed by atoms with Crippen LogP contribution in [0, 0.1) is 0 Å². The van der Waals surface area contributed by atoms with Crippen LogP contribution in [-0.4, -0.2) is 54.8 Å². The third-order valence-corrected chi connectivity index (χ3v) is 6.36. The third-order valence-electron chi connectivity index (χ3n) is 5.29. The van der Waals surface area contributed by atoms with E-state index in [1.54, 1.807) is 22.5 Å². The summed E-state index contributed by atoms with van der Waals surface area (Å²) in [5, 5.41) is 31.4. The Hall–Kier alpha value is -1.97. The molecular formula is C21H25N3O4S. The minimum atomic E-state index is -1.15. The van der Waals surface area contributed by atoms with E-state index < -0.39 is 24.5 Å². The van der Waals surface area contributed by atoms with Gasteiger partial charge in [0.1, 0.15) is 35.3 Å². The van der Waals surface area contributed by atoms with Gasteiger partial charge < -0.3 is 24.6 Å². The molecule has 3 heterocycles. The van der Waals surface area contributed by atoms with E-state index in [-0.39, 0.29) is 6.61 Å². The second-order valence-corrected chi connectivity index (χ2v) is 8.52. The predicted octanol–water partition coefficient (Wildman–Crippen LogP) is 2.46. The van der Waals surface area contributed by atoms with Gasteiger partial charge >= 0.3 is 0 Å². The summed E-state index contributed by atoms with van der Waals surface area (Å²) in [4.78, 5) is 8.76. The molecule has 3 N–H and O–H groups in total. The number of fused-ring (bicyclic) bond motifs is 1. The molecule has 0 saturated carbocycles. The molecule has 1 saturated heterocycles. The van der Waals surface area contributed by atoms with E-state index >= 15 is 0 Å². The van der Waals surface area contributed by atoms with Crippen LogP contribution in [0.1, 0.15) is 37.1 Å². The number of thioether (sulfide) groups is 1. The van der Waals surface area contributed by atoms with Gasteiger partial charge in [-0.05, 0) is 23.1 Å². The fourth-order valence-corrected chi connectivity index (χ4v) is 4.46. The van der Waals surface area contributed by atoms with Gasteiger partial charge in [-0.15, -0.1) is 11.8 Å². The third kappa shape index (κ3) is 3.91. The highest BCUT2D eigenvalue weighted by atomic mass is 32.2. The Kier molecular flexibility index (Phi) is 5.89. The van der Waals surface area contributed by atoms with E-state index in [4.69, 9.17) is 4.74 Å². The Morgan fingerprint density at radius 2 is 1.86 bits per heavy atom. The number of rotatable bonds is 6. The van der Waals surface area contributed by atoms with Crippen molar-refractivity contribution in [2.24, 2.45) is 0 Å². The van der Waals surface area contributed by atoms with Gasteiger partial charge in [0.05, 0.1) is 12.0 Å². The lowest BCUT2D eigenvalue weighted by molar-refractivity contribution is -0.0508. The average molecular weight is 416 g/mol. The molecule has 1 aliphatic rings. The van der Waals surface area contributed by atoms with Gasteiger partial charge in [-0.3, -0.25) is 0 Å². The van der Waals surface area contributed by atoms with Crippen LogP contribution in [0.5, 0.6) is 0 Å². The van der Waals surface area contributed by atoms with E-state index in [0.717, 1.165) is 16.2 Å². The van der Waals surface area contributed by atoms with Gasteiger partial charge in [0.25, 0.3) is 0 Å². The fraction of sp³-hybridized carbons (Fsp3) is 0.429. The first kappa shape index (κ1) is 20.3. The Morgan fingerprint density at radius 3 is 2.52 bits per heavy atom. The van der Waals surface area contributed by atoms with Crippen LogP contribution in [0.3, 0.4) is 0 Å². The van der Waals surface area contributed by atoms with Crippen molar-refractivity contribution in [3.63, 3.8) is 0 Å². The maximum absolute atomic E-state index is 10.3. The normalized spacial score (nSPS) is 24.6. The number of ether oxygens (including phenoxy) is 1. The molecule has 8 heteroatoms. The molecule has 1 aliphatic heterocycles. The highest BCUT2D eigenvalue weighted by Crippen LogP contribution is 2.34. The van der Waals surface area contributed by atoms with E-state index in [1.807, 2.05) is 6.07 Å². The molecule has 0 amide bonds. The van der Waals surface area contributed by atoms with Crippen molar-refractivity contribution in [2.45, 2.75) is 55.1 Å². The topological polar surface area (TPSA) is 101 Å². The second-order valence-electron chi connectivity index (χ2n) is 7.55. The molecule has 29 heavy (non-hydrogen) atoms. The molecule has 0 bridgehead atoms. The summed E-state index contributed by atoms with van der Waals surface area (Å²) in [5.74, 6) is 1.29. The molecule has 7 nitrogen and oxygen atoms in total. The minimum absolute atomic E-state index is 0.361. The van der Waals surface area contributed by atoms with E-state index in [2.05, 4.69) is 48.1 Å². The monoisotopic (exact) mass is 415 g/mol. The van der Waals surface area contributed by atoms with E-state index in [1.165, 1.54) is 17.5 Å². The lowest BCUT2D eigenvalue weighted by Gasteiger charge is -2.17. The zero-order chi connectivity index (χ0) is 20.5. The van der Waals surface area contributed by atoms with Crippen molar-refractivity contribution < 1.29 is 20.1 Å². The Balaban J connectivity index is 1.55.